The van der Waals surface area contributed by atoms with E-state index < -0.39 is 0 Å². The average molecular weight is 381 g/mol. The normalized spacial score (nSPS) is 19.7. The van der Waals surface area contributed by atoms with Crippen LogP contribution in [-0.2, 0) is 9.59 Å². The van der Waals surface area contributed by atoms with E-state index >= 15 is 0 Å². The van der Waals surface area contributed by atoms with Crippen LogP contribution in [0.1, 0.15) is 43.0 Å². The van der Waals surface area contributed by atoms with Gasteiger partial charge in [-0.15, -0.1) is 12.4 Å². The number of carbonyl (C=O) groups excluding carboxylic acids is 3. The molecule has 2 heterocycles. The lowest BCUT2D eigenvalue weighted by atomic mass is 10.1. The van der Waals surface area contributed by atoms with Crippen molar-refractivity contribution in [3.63, 3.8) is 0 Å². The summed E-state index contributed by atoms with van der Waals surface area (Å²) in [5, 5.41) is 4.56. The fourth-order valence-electron chi connectivity index (χ4n) is 3.30. The van der Waals surface area contributed by atoms with Crippen molar-refractivity contribution in [3.8, 4) is 0 Å². The number of nitrogens with one attached hydrogen (secondary N) is 2. The number of rotatable bonds is 5. The SMILES string of the molecule is CCCN(C(=O)c1ccc(N2NC(=O)CCC2=O)cc1)C1CCNC1.Cl. The molecule has 0 aromatic heterocycles. The molecular formula is C18H25ClN4O3. The first-order chi connectivity index (χ1) is 12.1. The van der Waals surface area contributed by atoms with Crippen LogP contribution in [0.25, 0.3) is 0 Å². The Bertz CT molecular complexity index is 659. The fourth-order valence-corrected chi connectivity index (χ4v) is 3.30. The molecule has 1 unspecified atom stereocenters. The van der Waals surface area contributed by atoms with Gasteiger partial charge in [-0.3, -0.25) is 19.8 Å². The Kier molecular flexibility index (Phi) is 6.99. The lowest BCUT2D eigenvalue weighted by molar-refractivity contribution is -0.130. The maximum atomic E-state index is 12.9. The highest BCUT2D eigenvalue weighted by molar-refractivity contribution is 6.01. The number of carbonyl (C=O) groups is 3. The van der Waals surface area contributed by atoms with Crippen LogP contribution in [-0.4, -0.2) is 48.3 Å². The van der Waals surface area contributed by atoms with E-state index in [0.29, 0.717) is 11.3 Å². The number of halogens is 1. The first-order valence-electron chi connectivity index (χ1n) is 8.84. The Balaban J connectivity index is 0.00000243. The minimum absolute atomic E-state index is 0. The number of nitrogens with zero attached hydrogens (tertiary/aromatic N) is 2. The number of hydrogen-bond acceptors (Lipinski definition) is 4. The number of benzene rings is 1. The monoisotopic (exact) mass is 380 g/mol. The molecule has 0 radical (unpaired) electrons. The molecule has 8 heteroatoms. The zero-order chi connectivity index (χ0) is 17.8. The maximum absolute atomic E-state index is 12.9. The molecule has 0 saturated carbocycles. The maximum Gasteiger partial charge on any atom is 0.254 e. The molecule has 3 amide bonds. The van der Waals surface area contributed by atoms with E-state index in [-0.39, 0.29) is 49.0 Å². The molecule has 2 aliphatic rings. The molecule has 2 N–H and O–H groups in total. The van der Waals surface area contributed by atoms with Gasteiger partial charge in [0.1, 0.15) is 0 Å². The molecule has 0 spiro atoms. The summed E-state index contributed by atoms with van der Waals surface area (Å²) in [5.41, 5.74) is 3.73. The number of hydrazine groups is 1. The van der Waals surface area contributed by atoms with Gasteiger partial charge >= 0.3 is 0 Å². The van der Waals surface area contributed by atoms with Crippen molar-refractivity contribution >= 4 is 35.8 Å². The number of amides is 3. The summed E-state index contributed by atoms with van der Waals surface area (Å²) in [4.78, 5) is 38.3. The van der Waals surface area contributed by atoms with Crippen LogP contribution in [0, 0.1) is 0 Å². The van der Waals surface area contributed by atoms with E-state index in [1.165, 1.54) is 5.01 Å². The summed E-state index contributed by atoms with van der Waals surface area (Å²) in [6.07, 6.45) is 2.30. The van der Waals surface area contributed by atoms with Crippen LogP contribution in [0.5, 0.6) is 0 Å². The third-order valence-electron chi connectivity index (χ3n) is 4.62. The van der Waals surface area contributed by atoms with Crippen LogP contribution in [0.3, 0.4) is 0 Å². The predicted octanol–water partition coefficient (Wildman–Crippen LogP) is 1.48. The van der Waals surface area contributed by atoms with Crippen LogP contribution < -0.4 is 15.8 Å². The van der Waals surface area contributed by atoms with Crippen molar-refractivity contribution < 1.29 is 14.4 Å². The van der Waals surface area contributed by atoms with E-state index in [2.05, 4.69) is 17.7 Å². The zero-order valence-electron chi connectivity index (χ0n) is 14.9. The fraction of sp³-hybridized carbons (Fsp3) is 0.500. The molecule has 2 saturated heterocycles. The molecule has 2 fully saturated rings. The Labute approximate surface area is 159 Å². The van der Waals surface area contributed by atoms with E-state index in [1.54, 1.807) is 24.3 Å². The van der Waals surface area contributed by atoms with Gasteiger partial charge < -0.3 is 10.2 Å². The molecule has 3 rings (SSSR count). The minimum Gasteiger partial charge on any atom is -0.334 e. The minimum atomic E-state index is -0.178. The van der Waals surface area contributed by atoms with Crippen molar-refractivity contribution in [3.05, 3.63) is 29.8 Å². The predicted molar refractivity (Wildman–Crippen MR) is 101 cm³/mol. The topological polar surface area (TPSA) is 81.8 Å². The third-order valence-corrected chi connectivity index (χ3v) is 4.62. The quantitative estimate of drug-likeness (QED) is 0.810. The van der Waals surface area contributed by atoms with E-state index in [0.717, 1.165) is 32.5 Å². The van der Waals surface area contributed by atoms with Crippen LogP contribution in [0.4, 0.5) is 5.69 Å². The Hall–Kier alpha value is -2.12. The highest BCUT2D eigenvalue weighted by atomic mass is 35.5. The summed E-state index contributed by atoms with van der Waals surface area (Å²) >= 11 is 0. The second-order valence-electron chi connectivity index (χ2n) is 6.46. The van der Waals surface area contributed by atoms with Gasteiger partial charge in [0.2, 0.25) is 11.8 Å². The van der Waals surface area contributed by atoms with E-state index in [4.69, 9.17) is 0 Å². The van der Waals surface area contributed by atoms with Gasteiger partial charge in [-0.05, 0) is 43.7 Å². The third kappa shape index (κ3) is 4.34. The largest absolute Gasteiger partial charge is 0.334 e. The first-order valence-corrected chi connectivity index (χ1v) is 8.84. The van der Waals surface area contributed by atoms with E-state index in [9.17, 15) is 14.4 Å². The van der Waals surface area contributed by atoms with Gasteiger partial charge in [-0.2, -0.15) is 0 Å². The Morgan fingerprint density at radius 1 is 1.23 bits per heavy atom. The summed E-state index contributed by atoms with van der Waals surface area (Å²) in [6, 6.07) is 7.07. The van der Waals surface area contributed by atoms with Crippen molar-refractivity contribution in [2.45, 2.75) is 38.6 Å². The summed E-state index contributed by atoms with van der Waals surface area (Å²) in [5.74, 6) is -0.318. The van der Waals surface area contributed by atoms with Gasteiger partial charge in [0.05, 0.1) is 5.69 Å². The molecule has 1 atom stereocenters. The molecule has 0 bridgehead atoms. The molecule has 26 heavy (non-hydrogen) atoms. The molecule has 2 aliphatic heterocycles. The van der Waals surface area contributed by atoms with Crippen LogP contribution >= 0.6 is 12.4 Å². The highest BCUT2D eigenvalue weighted by Crippen LogP contribution is 2.20. The molecule has 1 aromatic rings. The van der Waals surface area contributed by atoms with Crippen molar-refractivity contribution in [2.24, 2.45) is 0 Å². The summed E-state index contributed by atoms with van der Waals surface area (Å²) in [7, 11) is 0. The second kappa shape index (κ2) is 9.00. The van der Waals surface area contributed by atoms with Crippen LogP contribution in [0.15, 0.2) is 24.3 Å². The second-order valence-corrected chi connectivity index (χ2v) is 6.46. The molecule has 0 aliphatic carbocycles. The van der Waals surface area contributed by atoms with Crippen LogP contribution in [0.2, 0.25) is 0 Å². The average Bonchev–Trinajstić information content (AvgIpc) is 3.15. The summed E-state index contributed by atoms with van der Waals surface area (Å²) < 4.78 is 0. The number of hydrogen-bond donors (Lipinski definition) is 2. The zero-order valence-corrected chi connectivity index (χ0v) is 15.7. The smallest absolute Gasteiger partial charge is 0.254 e. The van der Waals surface area contributed by atoms with Gasteiger partial charge in [0.25, 0.3) is 5.91 Å². The highest BCUT2D eigenvalue weighted by Gasteiger charge is 2.27. The van der Waals surface area contributed by atoms with Gasteiger partial charge in [-0.1, -0.05) is 6.92 Å². The Morgan fingerprint density at radius 3 is 2.58 bits per heavy atom. The van der Waals surface area contributed by atoms with E-state index in [1.807, 2.05) is 4.90 Å². The number of anilines is 1. The van der Waals surface area contributed by atoms with Crippen molar-refractivity contribution in [1.29, 1.82) is 0 Å². The van der Waals surface area contributed by atoms with Gasteiger partial charge in [-0.25, -0.2) is 5.01 Å². The first kappa shape index (κ1) is 20.2. The summed E-state index contributed by atoms with van der Waals surface area (Å²) in [6.45, 7) is 4.57. The van der Waals surface area contributed by atoms with Gasteiger partial charge in [0.15, 0.2) is 0 Å². The van der Waals surface area contributed by atoms with Crippen molar-refractivity contribution in [1.82, 2.24) is 15.6 Å². The molecular weight excluding hydrogens is 356 g/mol. The standard InChI is InChI=1S/C18H24N4O3.ClH/c1-2-11-21(15-9-10-19-12-15)18(25)13-3-5-14(6-4-13)22-17(24)8-7-16(23)20-22;/h3-6,15,19H,2,7-12H2,1H3,(H,20,23);1H. The lowest BCUT2D eigenvalue weighted by Gasteiger charge is -2.29. The Morgan fingerprint density at radius 2 is 1.96 bits per heavy atom. The lowest BCUT2D eigenvalue weighted by Crippen LogP contribution is -2.50. The molecule has 1 aromatic carbocycles. The molecule has 7 nitrogen and oxygen atoms in total. The van der Waals surface area contributed by atoms with Gasteiger partial charge in [0, 0.05) is 37.5 Å². The van der Waals surface area contributed by atoms with Crippen molar-refractivity contribution in [2.75, 3.05) is 24.6 Å². The molecule has 142 valence electrons.